The second-order valence-corrected chi connectivity index (χ2v) is 9.59. The minimum absolute atomic E-state index is 0. The van der Waals surface area contributed by atoms with Crippen LogP contribution < -0.4 is 10.2 Å². The van der Waals surface area contributed by atoms with Crippen LogP contribution in [0.15, 0.2) is 30.5 Å². The Bertz CT molecular complexity index is 1260. The molecule has 5 heterocycles. The fourth-order valence-corrected chi connectivity index (χ4v) is 6.01. The lowest BCUT2D eigenvalue weighted by Crippen LogP contribution is -2.47. The average molecular weight is 459 g/mol. The number of rotatable bonds is 3. The van der Waals surface area contributed by atoms with Gasteiger partial charge in [-0.1, -0.05) is 11.3 Å². The highest BCUT2D eigenvalue weighted by Gasteiger charge is 2.35. The van der Waals surface area contributed by atoms with Crippen LogP contribution in [0.5, 0.6) is 0 Å². The summed E-state index contributed by atoms with van der Waals surface area (Å²) in [5.74, 6) is -0.295. The van der Waals surface area contributed by atoms with Crippen molar-refractivity contribution < 1.29 is 4.39 Å². The number of nitrogens with one attached hydrogen (secondary N) is 1. The number of halogens is 2. The van der Waals surface area contributed by atoms with Crippen LogP contribution in [-0.2, 0) is 7.05 Å². The number of thiazole rings is 1. The Kier molecular flexibility index (Phi) is 5.11. The molecule has 0 amide bonds. The Balaban J connectivity index is 0.00000204. The van der Waals surface area contributed by atoms with E-state index in [-0.39, 0.29) is 18.2 Å². The molecule has 4 aromatic rings. The minimum Gasteiger partial charge on any atom is -0.348 e. The summed E-state index contributed by atoms with van der Waals surface area (Å²) in [6, 6.07) is 9.06. The fourth-order valence-electron chi connectivity index (χ4n) is 4.96. The molecule has 2 saturated heterocycles. The number of hydrogen-bond donors (Lipinski definition) is 1. The third kappa shape index (κ3) is 3.56. The maximum Gasteiger partial charge on any atom is 0.186 e. The normalized spacial score (nSPS) is 22.7. The van der Waals surface area contributed by atoms with E-state index in [0.29, 0.717) is 23.6 Å². The summed E-state index contributed by atoms with van der Waals surface area (Å²) in [6.45, 7) is 0. The molecule has 1 aromatic carbocycles. The van der Waals surface area contributed by atoms with Crippen molar-refractivity contribution in [2.45, 2.75) is 43.8 Å². The number of aromatic nitrogens is 4. The molecule has 6 rings (SSSR count). The number of nitrogens with zero attached hydrogens (tertiary/aromatic N) is 5. The lowest BCUT2D eigenvalue weighted by atomic mass is 9.99. The molecule has 2 unspecified atom stereocenters. The summed E-state index contributed by atoms with van der Waals surface area (Å²) in [4.78, 5) is 11.6. The van der Waals surface area contributed by atoms with Gasteiger partial charge >= 0.3 is 0 Å². The summed E-state index contributed by atoms with van der Waals surface area (Å²) >= 11 is 1.56. The molecule has 6 nitrogen and oxygen atoms in total. The number of aryl methyl sites for hydroxylation is 1. The van der Waals surface area contributed by atoms with Crippen molar-refractivity contribution in [1.82, 2.24) is 25.1 Å². The van der Waals surface area contributed by atoms with Crippen molar-refractivity contribution in [3.63, 3.8) is 0 Å². The average Bonchev–Trinajstić information content (AvgIpc) is 3.42. The summed E-state index contributed by atoms with van der Waals surface area (Å²) in [7, 11) is 3.97. The molecule has 162 valence electrons. The van der Waals surface area contributed by atoms with Crippen LogP contribution >= 0.6 is 23.7 Å². The fraction of sp³-hybridized carbons (Fsp3) is 0.409. The standard InChI is InChI=1S/C22H23FN6S.ClH/c1-28-11-19-18(27-28)6-5-17(25-19)12-7-16(23)21-20(8-12)30-22(26-21)29(2)15-9-13-3-4-14(10-15)24-13;/h5-8,11,13-15,24H,3-4,9-10H2,1-2H3;1H. The lowest BCUT2D eigenvalue weighted by molar-refractivity contribution is 0.354. The molecule has 0 radical (unpaired) electrons. The van der Waals surface area contributed by atoms with Gasteiger partial charge in [-0.25, -0.2) is 14.4 Å². The molecule has 1 N–H and O–H groups in total. The molecule has 2 bridgehead atoms. The van der Waals surface area contributed by atoms with Crippen LogP contribution in [0, 0.1) is 5.82 Å². The molecule has 9 heteroatoms. The molecular formula is C22H24ClFN6S. The highest BCUT2D eigenvalue weighted by Crippen LogP contribution is 2.37. The summed E-state index contributed by atoms with van der Waals surface area (Å²) in [5, 5.41) is 8.94. The van der Waals surface area contributed by atoms with E-state index >= 15 is 0 Å². The van der Waals surface area contributed by atoms with E-state index in [4.69, 9.17) is 0 Å². The van der Waals surface area contributed by atoms with Gasteiger partial charge in [-0.3, -0.25) is 4.68 Å². The van der Waals surface area contributed by atoms with Gasteiger partial charge in [-0.2, -0.15) is 5.10 Å². The topological polar surface area (TPSA) is 58.9 Å². The van der Waals surface area contributed by atoms with Gasteiger partial charge in [0, 0.05) is 37.8 Å². The molecule has 3 aromatic heterocycles. The Morgan fingerprint density at radius 1 is 1.13 bits per heavy atom. The Labute approximate surface area is 189 Å². The quantitative estimate of drug-likeness (QED) is 0.489. The number of anilines is 1. The summed E-state index contributed by atoms with van der Waals surface area (Å²) in [5.41, 5.74) is 3.60. The Morgan fingerprint density at radius 2 is 1.90 bits per heavy atom. The lowest BCUT2D eigenvalue weighted by Gasteiger charge is -2.35. The van der Waals surface area contributed by atoms with E-state index in [1.807, 2.05) is 31.4 Å². The van der Waals surface area contributed by atoms with E-state index in [1.54, 1.807) is 22.1 Å². The Hall–Kier alpha value is -2.29. The molecule has 0 saturated carbocycles. The van der Waals surface area contributed by atoms with Gasteiger partial charge in [0.05, 0.1) is 16.6 Å². The molecule has 2 fully saturated rings. The third-order valence-electron chi connectivity index (χ3n) is 6.51. The number of piperidine rings is 1. The SMILES string of the molecule is CN(c1nc2c(F)cc(-c3ccc4nn(C)cc4n3)cc2s1)C1CC2CCC(C1)N2.Cl. The first-order chi connectivity index (χ1) is 14.5. The van der Waals surface area contributed by atoms with Crippen molar-refractivity contribution in [1.29, 1.82) is 0 Å². The van der Waals surface area contributed by atoms with Crippen LogP contribution in [0.4, 0.5) is 9.52 Å². The van der Waals surface area contributed by atoms with E-state index in [0.717, 1.165) is 45.0 Å². The Morgan fingerprint density at radius 3 is 2.68 bits per heavy atom. The van der Waals surface area contributed by atoms with Crippen LogP contribution in [0.2, 0.25) is 0 Å². The first-order valence-corrected chi connectivity index (χ1v) is 11.2. The first kappa shape index (κ1) is 20.6. The second-order valence-electron chi connectivity index (χ2n) is 8.58. The van der Waals surface area contributed by atoms with Gasteiger partial charge in [0.15, 0.2) is 10.9 Å². The van der Waals surface area contributed by atoms with E-state index in [1.165, 1.54) is 12.8 Å². The third-order valence-corrected chi connectivity index (χ3v) is 7.60. The summed E-state index contributed by atoms with van der Waals surface area (Å²) in [6.07, 6.45) is 6.67. The zero-order valence-corrected chi connectivity index (χ0v) is 19.0. The molecule has 2 aliphatic heterocycles. The van der Waals surface area contributed by atoms with Crippen LogP contribution in [-0.4, -0.2) is 44.9 Å². The molecule has 0 spiro atoms. The van der Waals surface area contributed by atoms with Gasteiger partial charge < -0.3 is 10.2 Å². The second kappa shape index (κ2) is 7.69. The van der Waals surface area contributed by atoms with Crippen molar-refractivity contribution in [3.8, 4) is 11.3 Å². The number of pyridine rings is 1. The van der Waals surface area contributed by atoms with Crippen molar-refractivity contribution in [3.05, 3.63) is 36.3 Å². The highest BCUT2D eigenvalue weighted by molar-refractivity contribution is 7.22. The van der Waals surface area contributed by atoms with E-state index in [9.17, 15) is 4.39 Å². The first-order valence-electron chi connectivity index (χ1n) is 10.4. The van der Waals surface area contributed by atoms with E-state index in [2.05, 4.69) is 32.3 Å². The number of fused-ring (bicyclic) bond motifs is 4. The van der Waals surface area contributed by atoms with Crippen LogP contribution in [0.1, 0.15) is 25.7 Å². The van der Waals surface area contributed by atoms with Crippen LogP contribution in [0.3, 0.4) is 0 Å². The van der Waals surface area contributed by atoms with Gasteiger partial charge in [0.1, 0.15) is 16.6 Å². The monoisotopic (exact) mass is 458 g/mol. The highest BCUT2D eigenvalue weighted by atomic mass is 35.5. The predicted molar refractivity (Wildman–Crippen MR) is 126 cm³/mol. The molecule has 31 heavy (non-hydrogen) atoms. The maximum absolute atomic E-state index is 15.0. The zero-order chi connectivity index (χ0) is 20.4. The molecule has 2 atom stereocenters. The minimum atomic E-state index is -0.295. The molecule has 2 aliphatic rings. The number of hydrogen-bond acceptors (Lipinski definition) is 6. The van der Waals surface area contributed by atoms with Gasteiger partial charge in [-0.15, -0.1) is 12.4 Å². The predicted octanol–water partition coefficient (Wildman–Crippen LogP) is 4.53. The van der Waals surface area contributed by atoms with Crippen molar-refractivity contribution in [2.24, 2.45) is 7.05 Å². The number of benzene rings is 1. The van der Waals surface area contributed by atoms with Gasteiger partial charge in [-0.05, 0) is 49.9 Å². The van der Waals surface area contributed by atoms with Crippen molar-refractivity contribution >= 4 is 50.1 Å². The zero-order valence-electron chi connectivity index (χ0n) is 17.4. The smallest absolute Gasteiger partial charge is 0.186 e. The van der Waals surface area contributed by atoms with Crippen molar-refractivity contribution in [2.75, 3.05) is 11.9 Å². The van der Waals surface area contributed by atoms with Gasteiger partial charge in [0.25, 0.3) is 0 Å². The van der Waals surface area contributed by atoms with Crippen LogP contribution in [0.25, 0.3) is 32.5 Å². The molecular weight excluding hydrogens is 435 g/mol. The summed E-state index contributed by atoms with van der Waals surface area (Å²) < 4.78 is 17.6. The maximum atomic E-state index is 15.0. The largest absolute Gasteiger partial charge is 0.348 e. The van der Waals surface area contributed by atoms with E-state index < -0.39 is 0 Å². The molecule has 0 aliphatic carbocycles. The van der Waals surface area contributed by atoms with Gasteiger partial charge in [0.2, 0.25) is 0 Å².